The van der Waals surface area contributed by atoms with Crippen molar-refractivity contribution in [1.29, 1.82) is 0 Å². The molecule has 0 aromatic heterocycles. The van der Waals surface area contributed by atoms with Crippen molar-refractivity contribution in [2.24, 2.45) is 5.73 Å². The molecule has 0 aromatic rings. The molecule has 2 aliphatic rings. The Labute approximate surface area is 92.3 Å². The topological polar surface area (TPSA) is 44.5 Å². The third-order valence-electron chi connectivity index (χ3n) is 3.63. The Bertz CT molecular complexity index is 184. The predicted molar refractivity (Wildman–Crippen MR) is 59.8 cm³/mol. The molecule has 1 atom stereocenters. The molecule has 1 aliphatic carbocycles. The van der Waals surface area contributed by atoms with Gasteiger partial charge >= 0.3 is 0 Å². The number of hydrogen-bond acceptors (Lipinski definition) is 3. The van der Waals surface area contributed by atoms with E-state index in [1.807, 2.05) is 0 Å². The van der Waals surface area contributed by atoms with Crippen LogP contribution in [0.15, 0.2) is 0 Å². The summed E-state index contributed by atoms with van der Waals surface area (Å²) in [4.78, 5) is 0. The monoisotopic (exact) mass is 213 g/mol. The molecule has 0 bridgehead atoms. The van der Waals surface area contributed by atoms with Crippen LogP contribution in [0.5, 0.6) is 0 Å². The Morgan fingerprint density at radius 1 is 1.20 bits per heavy atom. The average molecular weight is 213 g/mol. The maximum atomic E-state index is 6.22. The summed E-state index contributed by atoms with van der Waals surface area (Å²) in [6, 6.07) is 0. The second kappa shape index (κ2) is 5.28. The average Bonchev–Trinajstić information content (AvgIpc) is 2.32. The van der Waals surface area contributed by atoms with E-state index in [-0.39, 0.29) is 5.60 Å². The highest BCUT2D eigenvalue weighted by molar-refractivity contribution is 4.86. The molecule has 2 rings (SSSR count). The molecule has 0 spiro atoms. The quantitative estimate of drug-likeness (QED) is 0.778. The van der Waals surface area contributed by atoms with E-state index in [4.69, 9.17) is 15.2 Å². The number of ether oxygens (including phenoxy) is 2. The lowest BCUT2D eigenvalue weighted by atomic mass is 9.93. The summed E-state index contributed by atoms with van der Waals surface area (Å²) in [6.45, 7) is 2.17. The van der Waals surface area contributed by atoms with Crippen molar-refractivity contribution in [1.82, 2.24) is 0 Å². The smallest absolute Gasteiger partial charge is 0.104 e. The van der Waals surface area contributed by atoms with Crippen LogP contribution in [0.4, 0.5) is 0 Å². The molecule has 1 saturated heterocycles. The van der Waals surface area contributed by atoms with E-state index in [0.717, 1.165) is 19.4 Å². The van der Waals surface area contributed by atoms with Crippen molar-refractivity contribution in [2.45, 2.75) is 56.7 Å². The summed E-state index contributed by atoms with van der Waals surface area (Å²) in [5.74, 6) is 0. The molecular weight excluding hydrogens is 190 g/mol. The second-order valence-corrected chi connectivity index (χ2v) is 4.92. The fourth-order valence-electron chi connectivity index (χ4n) is 2.67. The van der Waals surface area contributed by atoms with Gasteiger partial charge in [0.1, 0.15) is 5.60 Å². The van der Waals surface area contributed by atoms with Gasteiger partial charge in [0.15, 0.2) is 0 Å². The molecule has 1 aliphatic heterocycles. The molecule has 0 aromatic carbocycles. The van der Waals surface area contributed by atoms with Gasteiger partial charge in [-0.25, -0.2) is 0 Å². The predicted octanol–water partition coefficient (Wildman–Crippen LogP) is 1.84. The molecule has 3 nitrogen and oxygen atoms in total. The maximum absolute atomic E-state index is 6.22. The van der Waals surface area contributed by atoms with Gasteiger partial charge in [0.2, 0.25) is 0 Å². The van der Waals surface area contributed by atoms with Crippen LogP contribution in [0.3, 0.4) is 0 Å². The van der Waals surface area contributed by atoms with E-state index in [9.17, 15) is 0 Å². The van der Waals surface area contributed by atoms with E-state index in [0.29, 0.717) is 19.3 Å². The Balaban J connectivity index is 1.87. The molecule has 0 amide bonds. The Morgan fingerprint density at radius 3 is 2.60 bits per heavy atom. The first kappa shape index (κ1) is 11.4. The minimum absolute atomic E-state index is 0.166. The lowest BCUT2D eigenvalue weighted by molar-refractivity contribution is -0.159. The summed E-state index contributed by atoms with van der Waals surface area (Å²) in [7, 11) is 0. The van der Waals surface area contributed by atoms with Gasteiger partial charge < -0.3 is 15.2 Å². The Morgan fingerprint density at radius 2 is 2.00 bits per heavy atom. The molecule has 3 heteroatoms. The largest absolute Gasteiger partial charge is 0.378 e. The summed E-state index contributed by atoms with van der Waals surface area (Å²) in [6.07, 6.45) is 9.00. The first-order valence-corrected chi connectivity index (χ1v) is 6.30. The van der Waals surface area contributed by atoms with Gasteiger partial charge in [0.05, 0.1) is 12.7 Å². The highest BCUT2D eigenvalue weighted by atomic mass is 16.6. The fourth-order valence-corrected chi connectivity index (χ4v) is 2.67. The van der Waals surface area contributed by atoms with E-state index in [2.05, 4.69) is 0 Å². The summed E-state index contributed by atoms with van der Waals surface area (Å²) >= 11 is 0. The molecule has 2 fully saturated rings. The standard InChI is InChI=1S/C12H23NO2/c13-9-12(7-4-8-14-10-12)15-11-5-2-1-3-6-11/h11H,1-10,13H2. The van der Waals surface area contributed by atoms with Gasteiger partial charge in [0.25, 0.3) is 0 Å². The van der Waals surface area contributed by atoms with Crippen molar-refractivity contribution in [3.05, 3.63) is 0 Å². The summed E-state index contributed by atoms with van der Waals surface area (Å²) < 4.78 is 11.7. The number of hydrogen-bond donors (Lipinski definition) is 1. The minimum Gasteiger partial charge on any atom is -0.378 e. The first-order chi connectivity index (χ1) is 7.35. The first-order valence-electron chi connectivity index (χ1n) is 6.30. The van der Waals surface area contributed by atoms with Crippen LogP contribution < -0.4 is 5.73 Å². The van der Waals surface area contributed by atoms with E-state index in [1.54, 1.807) is 0 Å². The van der Waals surface area contributed by atoms with Crippen molar-refractivity contribution >= 4 is 0 Å². The molecule has 1 unspecified atom stereocenters. The molecule has 88 valence electrons. The van der Waals surface area contributed by atoms with Gasteiger partial charge in [-0.2, -0.15) is 0 Å². The minimum atomic E-state index is -0.166. The van der Waals surface area contributed by atoms with Crippen LogP contribution in [0, 0.1) is 0 Å². The second-order valence-electron chi connectivity index (χ2n) is 4.92. The molecule has 0 radical (unpaired) electrons. The van der Waals surface area contributed by atoms with Crippen LogP contribution >= 0.6 is 0 Å². The molecule has 1 saturated carbocycles. The molecule has 2 N–H and O–H groups in total. The third kappa shape index (κ3) is 2.92. The Hall–Kier alpha value is -0.120. The third-order valence-corrected chi connectivity index (χ3v) is 3.63. The van der Waals surface area contributed by atoms with Crippen LogP contribution in [0.25, 0.3) is 0 Å². The van der Waals surface area contributed by atoms with E-state index < -0.39 is 0 Å². The van der Waals surface area contributed by atoms with E-state index >= 15 is 0 Å². The van der Waals surface area contributed by atoms with Gasteiger partial charge in [-0.15, -0.1) is 0 Å². The van der Waals surface area contributed by atoms with Crippen LogP contribution in [0.1, 0.15) is 44.9 Å². The van der Waals surface area contributed by atoms with Gasteiger partial charge in [-0.1, -0.05) is 19.3 Å². The summed E-state index contributed by atoms with van der Waals surface area (Å²) in [5, 5.41) is 0. The molecule has 15 heavy (non-hydrogen) atoms. The Kier molecular flexibility index (Phi) is 4.00. The number of rotatable bonds is 3. The van der Waals surface area contributed by atoms with Gasteiger partial charge in [-0.3, -0.25) is 0 Å². The van der Waals surface area contributed by atoms with Gasteiger partial charge in [0, 0.05) is 13.2 Å². The highest BCUT2D eigenvalue weighted by Gasteiger charge is 2.35. The fraction of sp³-hybridized carbons (Fsp3) is 1.00. The van der Waals surface area contributed by atoms with Crippen molar-refractivity contribution in [3.8, 4) is 0 Å². The lowest BCUT2D eigenvalue weighted by Gasteiger charge is -2.40. The van der Waals surface area contributed by atoms with Crippen molar-refractivity contribution in [2.75, 3.05) is 19.8 Å². The zero-order chi connectivity index (χ0) is 10.6. The summed E-state index contributed by atoms with van der Waals surface area (Å²) in [5.41, 5.74) is 5.68. The van der Waals surface area contributed by atoms with Gasteiger partial charge in [-0.05, 0) is 25.7 Å². The van der Waals surface area contributed by atoms with Crippen molar-refractivity contribution in [3.63, 3.8) is 0 Å². The maximum Gasteiger partial charge on any atom is 0.104 e. The zero-order valence-electron chi connectivity index (χ0n) is 9.54. The molecule has 1 heterocycles. The van der Waals surface area contributed by atoms with Crippen LogP contribution in [-0.2, 0) is 9.47 Å². The van der Waals surface area contributed by atoms with Crippen molar-refractivity contribution < 1.29 is 9.47 Å². The van der Waals surface area contributed by atoms with Crippen LogP contribution in [0.2, 0.25) is 0 Å². The van der Waals surface area contributed by atoms with Crippen LogP contribution in [-0.4, -0.2) is 31.5 Å². The molecular formula is C12H23NO2. The van der Waals surface area contributed by atoms with E-state index in [1.165, 1.54) is 32.1 Å². The SMILES string of the molecule is NCC1(OC2CCCCC2)CCCOC1. The highest BCUT2D eigenvalue weighted by Crippen LogP contribution is 2.29. The number of nitrogens with two attached hydrogens (primary N) is 1. The zero-order valence-corrected chi connectivity index (χ0v) is 9.54. The normalized spacial score (nSPS) is 34.2. The lowest BCUT2D eigenvalue weighted by Crippen LogP contribution is -2.50.